The van der Waals surface area contributed by atoms with Crippen molar-refractivity contribution in [2.75, 3.05) is 31.9 Å². The minimum Gasteiger partial charge on any atom is -0.384 e. The largest absolute Gasteiger partial charge is 0.384 e. The number of hydrogen-bond acceptors (Lipinski definition) is 5. The first-order valence-corrected chi connectivity index (χ1v) is 11.5. The number of carbonyl (C=O) groups is 1. The number of dihydropyridines is 1. The molecule has 174 valence electrons. The van der Waals surface area contributed by atoms with Gasteiger partial charge in [0, 0.05) is 64.0 Å². The molecule has 32 heavy (non-hydrogen) atoms. The van der Waals surface area contributed by atoms with E-state index >= 15 is 4.39 Å². The minimum atomic E-state index is -1.78. The predicted molar refractivity (Wildman–Crippen MR) is 121 cm³/mol. The summed E-state index contributed by atoms with van der Waals surface area (Å²) in [6.07, 6.45) is 8.57. The van der Waals surface area contributed by atoms with Crippen LogP contribution in [0.2, 0.25) is 0 Å². The van der Waals surface area contributed by atoms with E-state index in [2.05, 4.69) is 22.1 Å². The molecule has 1 amide bonds. The van der Waals surface area contributed by atoms with Gasteiger partial charge in [-0.2, -0.15) is 0 Å². The number of carbonyl (C=O) groups excluding carboxylic acids is 1. The van der Waals surface area contributed by atoms with Crippen molar-refractivity contribution in [3.63, 3.8) is 0 Å². The van der Waals surface area contributed by atoms with Crippen LogP contribution in [-0.4, -0.2) is 58.6 Å². The number of nitrogens with one attached hydrogen (secondary N) is 1. The first-order chi connectivity index (χ1) is 15.3. The Morgan fingerprint density at radius 1 is 1.31 bits per heavy atom. The molecule has 2 unspecified atom stereocenters. The van der Waals surface area contributed by atoms with Crippen LogP contribution in [0.25, 0.3) is 0 Å². The lowest BCUT2D eigenvalue weighted by Crippen LogP contribution is -2.54. The van der Waals surface area contributed by atoms with Crippen LogP contribution in [0.5, 0.6) is 0 Å². The molecule has 2 saturated heterocycles. The summed E-state index contributed by atoms with van der Waals surface area (Å²) in [5.41, 5.74) is 5.01. The minimum absolute atomic E-state index is 0.0920. The summed E-state index contributed by atoms with van der Waals surface area (Å²) < 4.78 is 28.8. The van der Waals surface area contributed by atoms with Crippen molar-refractivity contribution in [1.82, 2.24) is 20.1 Å². The molecule has 3 N–H and O–H groups in total. The zero-order valence-corrected chi connectivity index (χ0v) is 18.6. The molecule has 8 heteroatoms. The van der Waals surface area contributed by atoms with Crippen molar-refractivity contribution >= 4 is 11.7 Å². The molecule has 0 bridgehead atoms. The molecule has 2 atom stereocenters. The Morgan fingerprint density at radius 3 is 2.66 bits per heavy atom. The van der Waals surface area contributed by atoms with Crippen molar-refractivity contribution < 1.29 is 13.6 Å². The highest BCUT2D eigenvalue weighted by Gasteiger charge is 2.45. The second kappa shape index (κ2) is 9.57. The van der Waals surface area contributed by atoms with Gasteiger partial charge in [-0.25, -0.2) is 13.8 Å². The summed E-state index contributed by atoms with van der Waals surface area (Å²) in [6.45, 7) is 5.09. The molecule has 0 spiro atoms. The number of likely N-dealkylation sites (tertiary alicyclic amines) is 2. The van der Waals surface area contributed by atoms with Crippen molar-refractivity contribution in [1.29, 1.82) is 0 Å². The Hall–Kier alpha value is -2.48. The van der Waals surface area contributed by atoms with E-state index in [1.54, 1.807) is 11.1 Å². The number of alkyl halides is 1. The standard InChI is InChI=1S/C24H33F2N5O/c1-17(21-3-2-20(25)15-29-21)19-5-10-31(11-6-19)23(32)24(26)7-12-30(13-8-24)16-18-4-9-28-22(27)14-18/h2-4,9,14-15,17,19,21,29H,5-8,10-13,16H2,1H3,(H2,27,28). The van der Waals surface area contributed by atoms with Crippen LogP contribution in [-0.2, 0) is 11.3 Å². The zero-order chi connectivity index (χ0) is 22.7. The van der Waals surface area contributed by atoms with E-state index in [0.717, 1.165) is 18.4 Å². The molecule has 0 aromatic carbocycles. The van der Waals surface area contributed by atoms with Crippen LogP contribution < -0.4 is 11.1 Å². The molecule has 0 saturated carbocycles. The third-order valence-electron chi connectivity index (χ3n) is 7.30. The molecule has 4 rings (SSSR count). The average Bonchev–Trinajstić information content (AvgIpc) is 2.80. The maximum absolute atomic E-state index is 15.6. The lowest BCUT2D eigenvalue weighted by atomic mass is 9.80. The Labute approximate surface area is 188 Å². The number of pyridine rings is 1. The zero-order valence-electron chi connectivity index (χ0n) is 18.6. The van der Waals surface area contributed by atoms with Gasteiger partial charge in [-0.1, -0.05) is 13.0 Å². The fourth-order valence-corrected chi connectivity index (χ4v) is 5.14. The highest BCUT2D eigenvalue weighted by atomic mass is 19.1. The van der Waals surface area contributed by atoms with E-state index in [0.29, 0.717) is 50.4 Å². The molecule has 1 aromatic rings. The Morgan fingerprint density at radius 2 is 2.03 bits per heavy atom. The Bertz CT molecular complexity index is 873. The van der Waals surface area contributed by atoms with E-state index in [9.17, 15) is 9.18 Å². The fraction of sp³-hybridized carbons (Fsp3) is 0.583. The molecule has 6 nitrogen and oxygen atoms in total. The highest BCUT2D eigenvalue weighted by molar-refractivity contribution is 5.85. The van der Waals surface area contributed by atoms with Crippen LogP contribution in [0.4, 0.5) is 14.6 Å². The fourth-order valence-electron chi connectivity index (χ4n) is 5.14. The lowest BCUT2D eigenvalue weighted by molar-refractivity contribution is -0.149. The average molecular weight is 446 g/mol. The summed E-state index contributed by atoms with van der Waals surface area (Å²) in [5, 5.41) is 3.10. The molecule has 4 heterocycles. The van der Waals surface area contributed by atoms with Gasteiger partial charge in [0.15, 0.2) is 5.67 Å². The molecule has 1 aromatic heterocycles. The van der Waals surface area contributed by atoms with Crippen molar-refractivity contribution in [3.8, 4) is 0 Å². The molecular formula is C24H33F2N5O. The summed E-state index contributed by atoms with van der Waals surface area (Å²) in [6, 6.07) is 3.84. The Kier molecular flexibility index (Phi) is 6.79. The number of anilines is 1. The number of aromatic nitrogens is 1. The van der Waals surface area contributed by atoms with Crippen molar-refractivity contribution in [2.24, 2.45) is 11.8 Å². The van der Waals surface area contributed by atoms with Gasteiger partial charge in [-0.15, -0.1) is 0 Å². The van der Waals surface area contributed by atoms with E-state index in [4.69, 9.17) is 5.73 Å². The maximum Gasteiger partial charge on any atom is 0.260 e. The van der Waals surface area contributed by atoms with E-state index < -0.39 is 5.67 Å². The van der Waals surface area contributed by atoms with Crippen LogP contribution in [0.1, 0.15) is 38.2 Å². The monoisotopic (exact) mass is 445 g/mol. The van der Waals surface area contributed by atoms with Gasteiger partial charge in [-0.3, -0.25) is 9.69 Å². The topological polar surface area (TPSA) is 74.5 Å². The number of allylic oxidation sites excluding steroid dienone is 2. The third-order valence-corrected chi connectivity index (χ3v) is 7.30. The van der Waals surface area contributed by atoms with Gasteiger partial charge in [0.2, 0.25) is 0 Å². The Balaban J connectivity index is 1.25. The summed E-state index contributed by atoms with van der Waals surface area (Å²) in [5.74, 6) is 0.597. The van der Waals surface area contributed by atoms with Crippen LogP contribution >= 0.6 is 0 Å². The normalized spacial score (nSPS) is 25.2. The predicted octanol–water partition coefficient (Wildman–Crippen LogP) is 3.18. The van der Waals surface area contributed by atoms with Gasteiger partial charge in [0.1, 0.15) is 11.6 Å². The summed E-state index contributed by atoms with van der Waals surface area (Å²) in [7, 11) is 0. The molecule has 0 aliphatic carbocycles. The SMILES string of the molecule is CC(C1CCN(C(=O)C2(F)CCN(Cc3ccnc(N)c3)CC2)CC1)C1C=CC(F)=CN1. The number of halogens is 2. The first kappa shape index (κ1) is 22.7. The number of nitrogen functional groups attached to an aromatic ring is 1. The van der Waals surface area contributed by atoms with Crippen LogP contribution in [0.3, 0.4) is 0 Å². The molecule has 3 aliphatic heterocycles. The van der Waals surface area contributed by atoms with Crippen LogP contribution in [0, 0.1) is 11.8 Å². The van der Waals surface area contributed by atoms with Crippen LogP contribution in [0.15, 0.2) is 42.5 Å². The first-order valence-electron chi connectivity index (χ1n) is 11.5. The van der Waals surface area contributed by atoms with Gasteiger partial charge >= 0.3 is 0 Å². The second-order valence-corrected chi connectivity index (χ2v) is 9.40. The quantitative estimate of drug-likeness (QED) is 0.728. The van der Waals surface area contributed by atoms with Crippen molar-refractivity contribution in [2.45, 2.75) is 50.9 Å². The number of amides is 1. The van der Waals surface area contributed by atoms with Crippen molar-refractivity contribution in [3.05, 3.63) is 48.1 Å². The number of nitrogens with two attached hydrogens (primary N) is 1. The number of piperidine rings is 2. The third kappa shape index (κ3) is 5.11. The van der Waals surface area contributed by atoms with Gasteiger partial charge in [0.25, 0.3) is 5.91 Å². The lowest BCUT2D eigenvalue weighted by Gasteiger charge is -2.42. The molecule has 3 aliphatic rings. The second-order valence-electron chi connectivity index (χ2n) is 9.40. The van der Waals surface area contributed by atoms with Gasteiger partial charge in [-0.05, 0) is 48.4 Å². The molecular weight excluding hydrogens is 412 g/mol. The number of rotatable bonds is 5. The summed E-state index contributed by atoms with van der Waals surface area (Å²) in [4.78, 5) is 20.9. The molecule has 2 fully saturated rings. The number of nitrogens with zero attached hydrogens (tertiary/aromatic N) is 3. The van der Waals surface area contributed by atoms with E-state index in [1.165, 1.54) is 12.3 Å². The number of hydrogen-bond donors (Lipinski definition) is 2. The summed E-state index contributed by atoms with van der Waals surface area (Å²) >= 11 is 0. The molecule has 0 radical (unpaired) electrons. The van der Waals surface area contributed by atoms with E-state index in [1.807, 2.05) is 18.2 Å². The smallest absolute Gasteiger partial charge is 0.260 e. The maximum atomic E-state index is 15.6. The van der Waals surface area contributed by atoms with E-state index in [-0.39, 0.29) is 30.6 Å². The highest BCUT2D eigenvalue weighted by Crippen LogP contribution is 2.33. The van der Waals surface area contributed by atoms with Gasteiger partial charge in [0.05, 0.1) is 0 Å². The van der Waals surface area contributed by atoms with Gasteiger partial charge < -0.3 is 16.0 Å².